The van der Waals surface area contributed by atoms with E-state index in [9.17, 15) is 9.18 Å². The van der Waals surface area contributed by atoms with E-state index in [-0.39, 0.29) is 12.8 Å². The Morgan fingerprint density at radius 3 is 2.70 bits per heavy atom. The molecule has 0 heterocycles. The molecule has 3 nitrogen and oxygen atoms in total. The van der Waals surface area contributed by atoms with Gasteiger partial charge in [0, 0.05) is 7.11 Å². The van der Waals surface area contributed by atoms with Crippen molar-refractivity contribution in [3.05, 3.63) is 0 Å². The molecule has 0 aromatic heterocycles. The molecule has 0 saturated heterocycles. The standard InChI is InChI=1S/C6H11FO3/c1-10-5(6(8)9)3-2-4-7/h5H,2-4H2,1H3,(H,8,9). The van der Waals surface area contributed by atoms with Crippen LogP contribution in [0, 0.1) is 0 Å². The second-order valence-electron chi connectivity index (χ2n) is 1.89. The molecular formula is C6H11FO3. The van der Waals surface area contributed by atoms with Crippen molar-refractivity contribution in [2.75, 3.05) is 13.8 Å². The van der Waals surface area contributed by atoms with E-state index in [1.807, 2.05) is 0 Å². The molecule has 4 heteroatoms. The van der Waals surface area contributed by atoms with Gasteiger partial charge >= 0.3 is 5.97 Å². The molecule has 0 aromatic carbocycles. The van der Waals surface area contributed by atoms with Gasteiger partial charge in [0.05, 0.1) is 6.67 Å². The van der Waals surface area contributed by atoms with E-state index in [1.165, 1.54) is 7.11 Å². The van der Waals surface area contributed by atoms with Gasteiger partial charge < -0.3 is 9.84 Å². The molecule has 0 rings (SSSR count). The third kappa shape index (κ3) is 3.40. The molecule has 10 heavy (non-hydrogen) atoms. The summed E-state index contributed by atoms with van der Waals surface area (Å²) in [4.78, 5) is 10.2. The molecule has 0 spiro atoms. The number of alkyl halides is 1. The lowest BCUT2D eigenvalue weighted by molar-refractivity contribution is -0.148. The van der Waals surface area contributed by atoms with Crippen molar-refractivity contribution in [1.82, 2.24) is 0 Å². The Hall–Kier alpha value is -0.640. The smallest absolute Gasteiger partial charge is 0.332 e. The number of aliphatic carboxylic acids is 1. The van der Waals surface area contributed by atoms with E-state index >= 15 is 0 Å². The van der Waals surface area contributed by atoms with Crippen molar-refractivity contribution in [3.8, 4) is 0 Å². The maximum Gasteiger partial charge on any atom is 0.332 e. The van der Waals surface area contributed by atoms with Crippen LogP contribution in [0.4, 0.5) is 4.39 Å². The van der Waals surface area contributed by atoms with Crippen molar-refractivity contribution in [2.24, 2.45) is 0 Å². The number of carboxylic acid groups (broad SMARTS) is 1. The van der Waals surface area contributed by atoms with Crippen LogP contribution >= 0.6 is 0 Å². The zero-order valence-electron chi connectivity index (χ0n) is 5.84. The Balaban J connectivity index is 3.50. The largest absolute Gasteiger partial charge is 0.479 e. The topological polar surface area (TPSA) is 46.5 Å². The minimum absolute atomic E-state index is 0.238. The minimum Gasteiger partial charge on any atom is -0.479 e. The number of ether oxygens (including phenoxy) is 1. The second kappa shape index (κ2) is 5.17. The summed E-state index contributed by atoms with van der Waals surface area (Å²) in [6, 6.07) is 0. The van der Waals surface area contributed by atoms with Crippen LogP contribution in [0.3, 0.4) is 0 Å². The first-order valence-electron chi connectivity index (χ1n) is 3.04. The monoisotopic (exact) mass is 150 g/mol. The molecule has 0 bridgehead atoms. The summed E-state index contributed by atoms with van der Waals surface area (Å²) < 4.78 is 16.1. The van der Waals surface area contributed by atoms with Crippen LogP contribution in [-0.4, -0.2) is 31.0 Å². The molecule has 1 atom stereocenters. The fraction of sp³-hybridized carbons (Fsp3) is 0.833. The van der Waals surface area contributed by atoms with Gasteiger partial charge in [-0.05, 0) is 12.8 Å². The molecule has 0 fully saturated rings. The number of halogens is 1. The van der Waals surface area contributed by atoms with Gasteiger partial charge in [0.25, 0.3) is 0 Å². The zero-order valence-corrected chi connectivity index (χ0v) is 5.84. The number of hydrogen-bond donors (Lipinski definition) is 1. The highest BCUT2D eigenvalue weighted by atomic mass is 19.1. The van der Waals surface area contributed by atoms with Crippen LogP contribution in [-0.2, 0) is 9.53 Å². The number of carbonyl (C=O) groups is 1. The lowest BCUT2D eigenvalue weighted by atomic mass is 10.2. The molecule has 0 aliphatic rings. The van der Waals surface area contributed by atoms with Crippen molar-refractivity contribution < 1.29 is 19.0 Å². The first kappa shape index (κ1) is 9.36. The first-order valence-corrected chi connectivity index (χ1v) is 3.04. The van der Waals surface area contributed by atoms with E-state index in [1.54, 1.807) is 0 Å². The van der Waals surface area contributed by atoms with E-state index < -0.39 is 18.7 Å². The quantitative estimate of drug-likeness (QED) is 0.631. The summed E-state index contributed by atoms with van der Waals surface area (Å²) in [6.07, 6.45) is -0.372. The third-order valence-electron chi connectivity index (χ3n) is 1.16. The van der Waals surface area contributed by atoms with E-state index in [2.05, 4.69) is 4.74 Å². The van der Waals surface area contributed by atoms with Crippen LogP contribution in [0.25, 0.3) is 0 Å². The Kier molecular flexibility index (Phi) is 4.84. The average molecular weight is 150 g/mol. The average Bonchev–Trinajstić information content (AvgIpc) is 1.89. The second-order valence-corrected chi connectivity index (χ2v) is 1.89. The summed E-state index contributed by atoms with van der Waals surface area (Å²) in [7, 11) is 1.30. The van der Waals surface area contributed by atoms with Gasteiger partial charge in [0.2, 0.25) is 0 Å². The van der Waals surface area contributed by atoms with Gasteiger partial charge in [-0.2, -0.15) is 0 Å². The van der Waals surface area contributed by atoms with E-state index in [0.717, 1.165) is 0 Å². The molecule has 0 amide bonds. The van der Waals surface area contributed by atoms with Crippen LogP contribution in [0.5, 0.6) is 0 Å². The number of methoxy groups -OCH3 is 1. The number of hydrogen-bond acceptors (Lipinski definition) is 2. The van der Waals surface area contributed by atoms with Gasteiger partial charge in [0.15, 0.2) is 6.10 Å². The Morgan fingerprint density at radius 1 is 1.80 bits per heavy atom. The summed E-state index contributed by atoms with van der Waals surface area (Å²) in [5, 5.41) is 8.35. The van der Waals surface area contributed by atoms with Gasteiger partial charge in [-0.1, -0.05) is 0 Å². The zero-order chi connectivity index (χ0) is 7.98. The molecule has 0 radical (unpaired) electrons. The van der Waals surface area contributed by atoms with Gasteiger partial charge in [0.1, 0.15) is 0 Å². The fourth-order valence-electron chi connectivity index (χ4n) is 0.605. The predicted molar refractivity (Wildman–Crippen MR) is 33.6 cm³/mol. The highest BCUT2D eigenvalue weighted by Crippen LogP contribution is 2.01. The highest BCUT2D eigenvalue weighted by Gasteiger charge is 2.14. The number of rotatable bonds is 5. The molecule has 60 valence electrons. The molecule has 1 unspecified atom stereocenters. The molecule has 0 aliphatic heterocycles. The minimum atomic E-state index is -1.03. The van der Waals surface area contributed by atoms with Crippen LogP contribution in [0.1, 0.15) is 12.8 Å². The molecular weight excluding hydrogens is 139 g/mol. The predicted octanol–water partition coefficient (Wildman–Crippen LogP) is 0.836. The maximum atomic E-state index is 11.5. The molecule has 1 N–H and O–H groups in total. The summed E-state index contributed by atoms with van der Waals surface area (Å²) in [5.41, 5.74) is 0. The van der Waals surface area contributed by atoms with E-state index in [0.29, 0.717) is 0 Å². The SMILES string of the molecule is COC(CCCF)C(=O)O. The first-order chi connectivity index (χ1) is 4.72. The Morgan fingerprint density at radius 2 is 2.40 bits per heavy atom. The fourth-order valence-corrected chi connectivity index (χ4v) is 0.605. The van der Waals surface area contributed by atoms with Crippen LogP contribution < -0.4 is 0 Å². The van der Waals surface area contributed by atoms with Crippen molar-refractivity contribution in [1.29, 1.82) is 0 Å². The summed E-state index contributed by atoms with van der Waals surface area (Å²) >= 11 is 0. The lowest BCUT2D eigenvalue weighted by Crippen LogP contribution is -2.22. The number of carboxylic acids is 1. The van der Waals surface area contributed by atoms with Gasteiger partial charge in [-0.3, -0.25) is 4.39 Å². The maximum absolute atomic E-state index is 11.5. The Labute approximate surface area is 58.8 Å². The summed E-state index contributed by atoms with van der Waals surface area (Å²) in [6.45, 7) is -0.493. The van der Waals surface area contributed by atoms with Crippen molar-refractivity contribution in [2.45, 2.75) is 18.9 Å². The van der Waals surface area contributed by atoms with Crippen LogP contribution in [0.2, 0.25) is 0 Å². The summed E-state index contributed by atoms with van der Waals surface area (Å²) in [5.74, 6) is -1.03. The highest BCUT2D eigenvalue weighted by molar-refractivity contribution is 5.72. The normalized spacial score (nSPS) is 13.0. The lowest BCUT2D eigenvalue weighted by Gasteiger charge is -2.07. The van der Waals surface area contributed by atoms with Crippen molar-refractivity contribution >= 4 is 5.97 Å². The van der Waals surface area contributed by atoms with Gasteiger partial charge in [-0.25, -0.2) is 4.79 Å². The third-order valence-corrected chi connectivity index (χ3v) is 1.16. The molecule has 0 saturated carbocycles. The molecule has 0 aliphatic carbocycles. The van der Waals surface area contributed by atoms with Crippen LogP contribution in [0.15, 0.2) is 0 Å². The van der Waals surface area contributed by atoms with E-state index in [4.69, 9.17) is 5.11 Å². The Bertz CT molecular complexity index is 105. The van der Waals surface area contributed by atoms with Crippen molar-refractivity contribution in [3.63, 3.8) is 0 Å². The molecule has 0 aromatic rings. The van der Waals surface area contributed by atoms with Gasteiger partial charge in [-0.15, -0.1) is 0 Å².